The van der Waals surface area contributed by atoms with Crippen LogP contribution in [-0.4, -0.2) is 38.9 Å². The maximum Gasteiger partial charge on any atom is 0.308 e. The van der Waals surface area contributed by atoms with Crippen molar-refractivity contribution in [3.8, 4) is 17.2 Å². The van der Waals surface area contributed by atoms with Gasteiger partial charge in [-0.15, -0.1) is 0 Å². The smallest absolute Gasteiger partial charge is 0.308 e. The standard InChI is InChI=1S/C13H19NO5/c1-17-10-6-12(19-3)11(18-2)5-8(10)4-9(7-14)13(15)16/h5-6,9H,4,7,14H2,1-3H3,(H,15,16). The first-order valence-corrected chi connectivity index (χ1v) is 5.79. The van der Waals surface area contributed by atoms with E-state index in [0.717, 1.165) is 5.56 Å². The van der Waals surface area contributed by atoms with Crippen LogP contribution in [0.4, 0.5) is 0 Å². The summed E-state index contributed by atoms with van der Waals surface area (Å²) in [5.41, 5.74) is 6.18. The number of hydrogen-bond acceptors (Lipinski definition) is 5. The molecule has 0 heterocycles. The molecule has 0 aromatic heterocycles. The topological polar surface area (TPSA) is 91.0 Å². The van der Waals surface area contributed by atoms with Crippen molar-refractivity contribution in [2.75, 3.05) is 27.9 Å². The second-order valence-electron chi connectivity index (χ2n) is 3.99. The lowest BCUT2D eigenvalue weighted by molar-refractivity contribution is -0.141. The highest BCUT2D eigenvalue weighted by atomic mass is 16.5. The zero-order valence-electron chi connectivity index (χ0n) is 11.3. The van der Waals surface area contributed by atoms with Crippen LogP contribution >= 0.6 is 0 Å². The molecule has 0 aliphatic heterocycles. The van der Waals surface area contributed by atoms with Gasteiger partial charge in [-0.25, -0.2) is 0 Å². The van der Waals surface area contributed by atoms with E-state index in [-0.39, 0.29) is 13.0 Å². The van der Waals surface area contributed by atoms with E-state index in [4.69, 9.17) is 25.1 Å². The first-order valence-electron chi connectivity index (χ1n) is 5.79. The summed E-state index contributed by atoms with van der Waals surface area (Å²) in [5, 5.41) is 9.05. The van der Waals surface area contributed by atoms with Gasteiger partial charge in [0.05, 0.1) is 27.2 Å². The van der Waals surface area contributed by atoms with E-state index in [1.165, 1.54) is 21.3 Å². The van der Waals surface area contributed by atoms with Gasteiger partial charge in [-0.05, 0) is 18.1 Å². The average Bonchev–Trinajstić information content (AvgIpc) is 2.43. The predicted octanol–water partition coefficient (Wildman–Crippen LogP) is 0.914. The molecule has 0 radical (unpaired) electrons. The summed E-state index contributed by atoms with van der Waals surface area (Å²) in [6.45, 7) is 0.0623. The molecule has 1 unspecified atom stereocenters. The van der Waals surface area contributed by atoms with Crippen molar-refractivity contribution in [2.45, 2.75) is 6.42 Å². The zero-order valence-corrected chi connectivity index (χ0v) is 11.3. The molecule has 0 bridgehead atoms. The van der Waals surface area contributed by atoms with Gasteiger partial charge in [0.1, 0.15) is 5.75 Å². The Hall–Kier alpha value is -1.95. The SMILES string of the molecule is COc1cc(OC)c(OC)cc1CC(CN)C(=O)O. The fourth-order valence-corrected chi connectivity index (χ4v) is 1.79. The third kappa shape index (κ3) is 3.51. The normalized spacial score (nSPS) is 11.8. The average molecular weight is 269 g/mol. The molecule has 0 spiro atoms. The Balaban J connectivity index is 3.14. The van der Waals surface area contributed by atoms with Gasteiger partial charge < -0.3 is 25.1 Å². The minimum atomic E-state index is -0.931. The summed E-state index contributed by atoms with van der Waals surface area (Å²) < 4.78 is 15.6. The van der Waals surface area contributed by atoms with E-state index >= 15 is 0 Å². The lowest BCUT2D eigenvalue weighted by atomic mass is 9.98. The van der Waals surface area contributed by atoms with Crippen LogP contribution in [0.15, 0.2) is 12.1 Å². The maximum absolute atomic E-state index is 11.0. The molecule has 106 valence electrons. The van der Waals surface area contributed by atoms with Gasteiger partial charge in [-0.2, -0.15) is 0 Å². The van der Waals surface area contributed by atoms with Crippen molar-refractivity contribution < 1.29 is 24.1 Å². The third-order valence-electron chi connectivity index (χ3n) is 2.89. The van der Waals surface area contributed by atoms with Crippen molar-refractivity contribution in [1.82, 2.24) is 0 Å². The van der Waals surface area contributed by atoms with Gasteiger partial charge in [0.2, 0.25) is 0 Å². The van der Waals surface area contributed by atoms with Crippen LogP contribution in [-0.2, 0) is 11.2 Å². The van der Waals surface area contributed by atoms with Gasteiger partial charge in [0.15, 0.2) is 11.5 Å². The van der Waals surface area contributed by atoms with Gasteiger partial charge in [-0.1, -0.05) is 0 Å². The van der Waals surface area contributed by atoms with Crippen LogP contribution in [0.1, 0.15) is 5.56 Å². The fraction of sp³-hybridized carbons (Fsp3) is 0.462. The number of carboxylic acid groups (broad SMARTS) is 1. The van der Waals surface area contributed by atoms with E-state index in [1.807, 2.05) is 0 Å². The van der Waals surface area contributed by atoms with Crippen LogP contribution in [0.5, 0.6) is 17.2 Å². The van der Waals surface area contributed by atoms with Crippen molar-refractivity contribution >= 4 is 5.97 Å². The van der Waals surface area contributed by atoms with Gasteiger partial charge in [0.25, 0.3) is 0 Å². The molecule has 0 aliphatic carbocycles. The number of ether oxygens (including phenoxy) is 3. The summed E-state index contributed by atoms with van der Waals surface area (Å²) in [4.78, 5) is 11.0. The van der Waals surface area contributed by atoms with Crippen LogP contribution < -0.4 is 19.9 Å². The third-order valence-corrected chi connectivity index (χ3v) is 2.89. The van der Waals surface area contributed by atoms with Crippen molar-refractivity contribution in [1.29, 1.82) is 0 Å². The molecule has 1 aromatic carbocycles. The molecule has 0 aliphatic rings. The molecule has 3 N–H and O–H groups in total. The lowest BCUT2D eigenvalue weighted by Gasteiger charge is -2.16. The Morgan fingerprint density at radius 2 is 1.68 bits per heavy atom. The number of benzene rings is 1. The first kappa shape index (κ1) is 15.1. The Morgan fingerprint density at radius 3 is 2.11 bits per heavy atom. The molecular weight excluding hydrogens is 250 g/mol. The summed E-state index contributed by atoms with van der Waals surface area (Å²) in [6.07, 6.45) is 0.273. The molecule has 1 aromatic rings. The predicted molar refractivity (Wildman–Crippen MR) is 70.0 cm³/mol. The fourth-order valence-electron chi connectivity index (χ4n) is 1.79. The van der Waals surface area contributed by atoms with Crippen molar-refractivity contribution in [2.24, 2.45) is 11.7 Å². The largest absolute Gasteiger partial charge is 0.496 e. The molecule has 6 heteroatoms. The molecule has 6 nitrogen and oxygen atoms in total. The van der Waals surface area contributed by atoms with Crippen molar-refractivity contribution in [3.05, 3.63) is 17.7 Å². The molecule has 0 saturated carbocycles. The number of hydrogen-bond donors (Lipinski definition) is 2. The van der Waals surface area contributed by atoms with E-state index in [2.05, 4.69) is 0 Å². The summed E-state index contributed by atoms with van der Waals surface area (Å²) in [5.74, 6) is 0.0193. The van der Waals surface area contributed by atoms with Crippen LogP contribution in [0.3, 0.4) is 0 Å². The highest BCUT2D eigenvalue weighted by molar-refractivity contribution is 5.71. The van der Waals surface area contributed by atoms with E-state index in [9.17, 15) is 4.79 Å². The maximum atomic E-state index is 11.0. The van der Waals surface area contributed by atoms with E-state index in [0.29, 0.717) is 17.2 Å². The highest BCUT2D eigenvalue weighted by Gasteiger charge is 2.20. The summed E-state index contributed by atoms with van der Waals surface area (Å²) >= 11 is 0. The minimum Gasteiger partial charge on any atom is -0.496 e. The Bertz CT molecular complexity index is 447. The Labute approximate surface area is 112 Å². The first-order chi connectivity index (χ1) is 9.07. The second kappa shape index (κ2) is 6.84. The number of carbonyl (C=O) groups is 1. The zero-order chi connectivity index (χ0) is 14.4. The quantitative estimate of drug-likeness (QED) is 0.764. The molecule has 0 saturated heterocycles. The number of carboxylic acids is 1. The van der Waals surface area contributed by atoms with Gasteiger partial charge >= 0.3 is 5.97 Å². The van der Waals surface area contributed by atoms with Gasteiger partial charge in [0, 0.05) is 12.6 Å². The van der Waals surface area contributed by atoms with Crippen LogP contribution in [0.25, 0.3) is 0 Å². The lowest BCUT2D eigenvalue weighted by Crippen LogP contribution is -2.25. The highest BCUT2D eigenvalue weighted by Crippen LogP contribution is 2.35. The second-order valence-corrected chi connectivity index (χ2v) is 3.99. The Kier molecular flexibility index (Phi) is 5.44. The van der Waals surface area contributed by atoms with Gasteiger partial charge in [-0.3, -0.25) is 4.79 Å². The number of methoxy groups -OCH3 is 3. The molecule has 1 rings (SSSR count). The van der Waals surface area contributed by atoms with E-state index < -0.39 is 11.9 Å². The molecule has 1 atom stereocenters. The van der Waals surface area contributed by atoms with Crippen LogP contribution in [0, 0.1) is 5.92 Å². The molecule has 19 heavy (non-hydrogen) atoms. The molecule has 0 fully saturated rings. The number of nitrogens with two attached hydrogens (primary N) is 1. The number of aliphatic carboxylic acids is 1. The van der Waals surface area contributed by atoms with Crippen LogP contribution in [0.2, 0.25) is 0 Å². The monoisotopic (exact) mass is 269 g/mol. The number of rotatable bonds is 7. The Morgan fingerprint density at radius 1 is 1.16 bits per heavy atom. The summed E-state index contributed by atoms with van der Waals surface area (Å²) in [6, 6.07) is 3.38. The summed E-state index contributed by atoms with van der Waals surface area (Å²) in [7, 11) is 4.56. The molecular formula is C13H19NO5. The van der Waals surface area contributed by atoms with Crippen molar-refractivity contribution in [3.63, 3.8) is 0 Å². The minimum absolute atomic E-state index is 0.0623. The molecule has 0 amide bonds. The van der Waals surface area contributed by atoms with E-state index in [1.54, 1.807) is 12.1 Å².